The van der Waals surface area contributed by atoms with Gasteiger partial charge in [-0.3, -0.25) is 9.48 Å². The maximum atomic E-state index is 15.4. The summed E-state index contributed by atoms with van der Waals surface area (Å²) in [6.07, 6.45) is -1.58. The molecule has 40 heavy (non-hydrogen) atoms. The minimum Gasteiger partial charge on any atom is -0.333 e. The molecule has 1 fully saturated rings. The van der Waals surface area contributed by atoms with E-state index in [1.165, 1.54) is 29.2 Å². The number of nitriles is 1. The molecule has 0 saturated carbocycles. The number of rotatable bonds is 5. The van der Waals surface area contributed by atoms with Crippen molar-refractivity contribution in [2.24, 2.45) is 0 Å². The fraction of sp³-hybridized carbons (Fsp3) is 0.370. The molecule has 5 rings (SSSR count). The second-order valence-electron chi connectivity index (χ2n) is 9.73. The Morgan fingerprint density at radius 1 is 1.32 bits per heavy atom. The molecule has 1 aromatic carbocycles. The molecule has 1 saturated heterocycles. The van der Waals surface area contributed by atoms with Crippen LogP contribution in [-0.4, -0.2) is 45.6 Å². The van der Waals surface area contributed by atoms with Gasteiger partial charge >= 0.3 is 6.18 Å². The maximum absolute atomic E-state index is 15.4. The van der Waals surface area contributed by atoms with Crippen LogP contribution in [0.1, 0.15) is 45.8 Å². The number of carbonyl (C=O) groups is 1. The van der Waals surface area contributed by atoms with Crippen molar-refractivity contribution < 1.29 is 31.1 Å². The second kappa shape index (κ2) is 10.4. The van der Waals surface area contributed by atoms with Crippen molar-refractivity contribution in [3.8, 4) is 17.2 Å². The van der Waals surface area contributed by atoms with Crippen LogP contribution >= 0.6 is 11.3 Å². The van der Waals surface area contributed by atoms with E-state index in [9.17, 15) is 32.0 Å². The summed E-state index contributed by atoms with van der Waals surface area (Å²) in [6.45, 7) is 1.34. The number of aromatic nitrogens is 2. The summed E-state index contributed by atoms with van der Waals surface area (Å²) in [5, 5.41) is 15.8. The fourth-order valence-electron chi connectivity index (χ4n) is 5.18. The first-order valence-corrected chi connectivity index (χ1v) is 13.3. The van der Waals surface area contributed by atoms with Gasteiger partial charge in [0.05, 0.1) is 13.1 Å². The van der Waals surface area contributed by atoms with Gasteiger partial charge in [0.25, 0.3) is 5.92 Å². The lowest BCUT2D eigenvalue weighted by Crippen LogP contribution is -2.37. The Hall–Kier alpha value is -3.63. The lowest BCUT2D eigenvalue weighted by molar-refractivity contribution is -0.141. The largest absolute Gasteiger partial charge is 0.435 e. The van der Waals surface area contributed by atoms with Crippen LogP contribution in [0.2, 0.25) is 0 Å². The van der Waals surface area contributed by atoms with Gasteiger partial charge in [0.1, 0.15) is 16.8 Å². The number of carbonyl (C=O) groups excluding carboxylic acids is 1. The topological polar surface area (TPSA) is 74.0 Å². The van der Waals surface area contributed by atoms with E-state index in [1.54, 1.807) is 13.0 Å². The smallest absolute Gasteiger partial charge is 0.333 e. The Balaban J connectivity index is 1.57. The lowest BCUT2D eigenvalue weighted by atomic mass is 9.83. The molecule has 0 bridgehead atoms. The molecule has 1 unspecified atom stereocenters. The van der Waals surface area contributed by atoms with E-state index in [1.807, 2.05) is 0 Å². The average Bonchev–Trinajstić information content (AvgIpc) is 3.62. The van der Waals surface area contributed by atoms with E-state index in [-0.39, 0.29) is 30.8 Å². The molecule has 6 nitrogen and oxygen atoms in total. The van der Waals surface area contributed by atoms with Gasteiger partial charge in [0, 0.05) is 59.7 Å². The predicted molar refractivity (Wildman–Crippen MR) is 135 cm³/mol. The summed E-state index contributed by atoms with van der Waals surface area (Å²) in [7, 11) is 0. The number of thiophene rings is 1. The van der Waals surface area contributed by atoms with E-state index in [4.69, 9.17) is 0 Å². The monoisotopic (exact) mass is 579 g/mol. The minimum absolute atomic E-state index is 0.0221. The third-order valence-corrected chi connectivity index (χ3v) is 8.07. The van der Waals surface area contributed by atoms with Crippen molar-refractivity contribution >= 4 is 17.2 Å². The van der Waals surface area contributed by atoms with Crippen LogP contribution in [0, 0.1) is 17.1 Å². The Morgan fingerprint density at radius 3 is 2.75 bits per heavy atom. The zero-order valence-corrected chi connectivity index (χ0v) is 21.9. The normalized spacial score (nSPS) is 20.6. The lowest BCUT2D eigenvalue weighted by Gasteiger charge is -2.33. The molecular formula is C27H23F6N5OS. The van der Waals surface area contributed by atoms with Gasteiger partial charge in [-0.1, -0.05) is 18.2 Å². The molecule has 0 spiro atoms. The van der Waals surface area contributed by atoms with Gasteiger partial charge < -0.3 is 10.2 Å². The van der Waals surface area contributed by atoms with E-state index in [0.29, 0.717) is 15.3 Å². The van der Waals surface area contributed by atoms with E-state index >= 15 is 4.39 Å². The van der Waals surface area contributed by atoms with Crippen LogP contribution in [-0.2, 0) is 24.1 Å². The highest BCUT2D eigenvalue weighted by atomic mass is 32.1. The first-order valence-electron chi connectivity index (χ1n) is 12.4. The zero-order valence-electron chi connectivity index (χ0n) is 21.1. The highest BCUT2D eigenvalue weighted by Gasteiger charge is 2.41. The Labute approximate surface area is 229 Å². The number of nitrogens with zero attached hydrogens (tertiary/aromatic N) is 4. The SMILES string of the molecule is CCn1cc(-c2c(F)cccc2[C@@H]2CN(C(=O)/C=C/C3CC(F)(F)CN3)Cc3sc(C#N)cc32)c(C(F)(F)F)n1. The van der Waals surface area contributed by atoms with Crippen molar-refractivity contribution in [3.05, 3.63) is 75.0 Å². The van der Waals surface area contributed by atoms with Gasteiger partial charge in [-0.2, -0.15) is 23.5 Å². The quantitative estimate of drug-likeness (QED) is 0.312. The minimum atomic E-state index is -4.85. The summed E-state index contributed by atoms with van der Waals surface area (Å²) in [5.41, 5.74) is -1.09. The number of hydrogen-bond acceptors (Lipinski definition) is 5. The molecule has 0 radical (unpaired) electrons. The van der Waals surface area contributed by atoms with E-state index < -0.39 is 60.0 Å². The summed E-state index contributed by atoms with van der Waals surface area (Å²) < 4.78 is 85.4. The van der Waals surface area contributed by atoms with Gasteiger partial charge in [0.15, 0.2) is 5.69 Å². The molecule has 1 amide bonds. The van der Waals surface area contributed by atoms with Gasteiger partial charge in [-0.15, -0.1) is 11.3 Å². The first-order chi connectivity index (χ1) is 18.9. The van der Waals surface area contributed by atoms with Crippen molar-refractivity contribution in [1.29, 1.82) is 5.26 Å². The molecular weight excluding hydrogens is 556 g/mol. The number of aryl methyl sites for hydroxylation is 1. The highest BCUT2D eigenvalue weighted by Crippen LogP contribution is 2.45. The van der Waals surface area contributed by atoms with Crippen LogP contribution in [0.25, 0.3) is 11.1 Å². The highest BCUT2D eigenvalue weighted by molar-refractivity contribution is 7.12. The Bertz CT molecular complexity index is 1520. The third kappa shape index (κ3) is 5.38. The number of halogens is 6. The fourth-order valence-corrected chi connectivity index (χ4v) is 6.22. The number of benzene rings is 1. The molecule has 13 heteroatoms. The first kappa shape index (κ1) is 27.9. The molecule has 4 heterocycles. The van der Waals surface area contributed by atoms with Crippen LogP contribution in [0.5, 0.6) is 0 Å². The van der Waals surface area contributed by atoms with Crippen molar-refractivity contribution in [3.63, 3.8) is 0 Å². The van der Waals surface area contributed by atoms with E-state index in [2.05, 4.69) is 16.5 Å². The molecule has 2 atom stereocenters. The van der Waals surface area contributed by atoms with E-state index in [0.717, 1.165) is 28.3 Å². The molecule has 2 aromatic heterocycles. The van der Waals surface area contributed by atoms with Crippen molar-refractivity contribution in [2.75, 3.05) is 13.1 Å². The van der Waals surface area contributed by atoms with Crippen LogP contribution < -0.4 is 5.32 Å². The van der Waals surface area contributed by atoms with Crippen LogP contribution in [0.15, 0.2) is 42.6 Å². The molecule has 2 aliphatic rings. The number of fused-ring (bicyclic) bond motifs is 1. The molecule has 2 aliphatic heterocycles. The summed E-state index contributed by atoms with van der Waals surface area (Å²) in [4.78, 5) is 15.5. The maximum Gasteiger partial charge on any atom is 0.435 e. The summed E-state index contributed by atoms with van der Waals surface area (Å²) in [5.74, 6) is -5.01. The van der Waals surface area contributed by atoms with Crippen LogP contribution in [0.4, 0.5) is 26.3 Å². The number of hydrogen-bond donors (Lipinski definition) is 1. The Kier molecular flexibility index (Phi) is 7.26. The molecule has 210 valence electrons. The molecule has 3 aromatic rings. The number of nitrogens with one attached hydrogen (secondary N) is 1. The second-order valence-corrected chi connectivity index (χ2v) is 10.9. The Morgan fingerprint density at radius 2 is 2.10 bits per heavy atom. The van der Waals surface area contributed by atoms with Crippen LogP contribution in [0.3, 0.4) is 0 Å². The van der Waals surface area contributed by atoms with Gasteiger partial charge in [0.2, 0.25) is 5.91 Å². The zero-order chi connectivity index (χ0) is 28.8. The summed E-state index contributed by atoms with van der Waals surface area (Å²) in [6, 6.07) is 6.94. The third-order valence-electron chi connectivity index (χ3n) is 7.03. The number of amides is 1. The summed E-state index contributed by atoms with van der Waals surface area (Å²) >= 11 is 1.14. The standard InChI is InChI=1S/C27H23F6N5OS/c1-2-38-12-20(25(36-38)27(31,32)33)24-17(4-3-5-21(24)28)19-11-37(13-22-18(19)8-16(10-34)40-22)23(39)7-6-15-9-26(29,30)14-35-15/h3-8,12,15,19,35H,2,9,11,13-14H2,1H3/b7-6+/t15?,19-/m0/s1. The van der Waals surface area contributed by atoms with Gasteiger partial charge in [-0.05, 0) is 30.2 Å². The van der Waals surface area contributed by atoms with Gasteiger partial charge in [-0.25, -0.2) is 13.2 Å². The average molecular weight is 580 g/mol. The van der Waals surface area contributed by atoms with Crippen molar-refractivity contribution in [2.45, 2.75) is 50.5 Å². The molecule has 0 aliphatic carbocycles. The van der Waals surface area contributed by atoms with Crippen molar-refractivity contribution in [1.82, 2.24) is 20.0 Å². The predicted octanol–water partition coefficient (Wildman–Crippen LogP) is 5.69. The molecule has 1 N–H and O–H groups in total. The number of alkyl halides is 5.